The summed E-state index contributed by atoms with van der Waals surface area (Å²) >= 11 is 0. The first-order chi connectivity index (χ1) is 9.35. The molecule has 0 atom stereocenters. The Kier molecular flexibility index (Phi) is 4.32. The molecule has 1 fully saturated rings. The van der Waals surface area contributed by atoms with Crippen LogP contribution in [0.4, 0.5) is 13.2 Å². The number of halogens is 3. The van der Waals surface area contributed by atoms with Crippen LogP contribution in [0.5, 0.6) is 0 Å². The van der Waals surface area contributed by atoms with E-state index in [0.29, 0.717) is 11.1 Å². The van der Waals surface area contributed by atoms with Crippen molar-refractivity contribution in [2.75, 3.05) is 6.54 Å². The lowest BCUT2D eigenvalue weighted by molar-refractivity contribution is -0.148. The summed E-state index contributed by atoms with van der Waals surface area (Å²) in [6.45, 7) is -0.799. The molecule has 1 aliphatic carbocycles. The van der Waals surface area contributed by atoms with Crippen LogP contribution in [0.3, 0.4) is 0 Å². The van der Waals surface area contributed by atoms with Crippen molar-refractivity contribution in [1.82, 2.24) is 4.90 Å². The molecule has 1 aromatic carbocycles. The van der Waals surface area contributed by atoms with Crippen molar-refractivity contribution in [1.29, 1.82) is 0 Å². The first kappa shape index (κ1) is 14.8. The normalized spacial score (nSPS) is 15.6. The highest BCUT2D eigenvalue weighted by molar-refractivity contribution is 5.70. The van der Waals surface area contributed by atoms with Crippen molar-refractivity contribution in [3.8, 4) is 0 Å². The summed E-state index contributed by atoms with van der Waals surface area (Å²) in [5.74, 6) is -0.980. The van der Waals surface area contributed by atoms with Crippen LogP contribution >= 0.6 is 0 Å². The zero-order valence-electron chi connectivity index (χ0n) is 10.9. The van der Waals surface area contributed by atoms with Crippen molar-refractivity contribution >= 4 is 5.97 Å². The molecule has 0 heterocycles. The predicted octanol–water partition coefficient (Wildman–Crippen LogP) is 2.84. The van der Waals surface area contributed by atoms with E-state index in [9.17, 15) is 18.0 Å². The molecule has 1 aliphatic rings. The van der Waals surface area contributed by atoms with Gasteiger partial charge in [0.05, 0.1) is 13.0 Å². The summed E-state index contributed by atoms with van der Waals surface area (Å²) in [5, 5.41) is 8.84. The molecule has 1 aromatic rings. The second kappa shape index (κ2) is 5.83. The van der Waals surface area contributed by atoms with E-state index >= 15 is 0 Å². The number of aliphatic carboxylic acids is 1. The summed E-state index contributed by atoms with van der Waals surface area (Å²) in [5.41, 5.74) is 1.24. The third-order valence-electron chi connectivity index (χ3n) is 3.28. The fraction of sp³-hybridized carbons (Fsp3) is 0.500. The second-order valence-corrected chi connectivity index (χ2v) is 5.09. The Morgan fingerprint density at radius 3 is 2.35 bits per heavy atom. The van der Waals surface area contributed by atoms with Crippen molar-refractivity contribution in [3.63, 3.8) is 0 Å². The summed E-state index contributed by atoms with van der Waals surface area (Å²) in [4.78, 5) is 12.2. The number of hydrogen-bond acceptors (Lipinski definition) is 2. The van der Waals surface area contributed by atoms with Gasteiger partial charge in [-0.05, 0) is 24.0 Å². The molecule has 0 radical (unpaired) electrons. The molecule has 0 spiro atoms. The van der Waals surface area contributed by atoms with Gasteiger partial charge >= 0.3 is 12.1 Å². The minimum atomic E-state index is -4.23. The molecule has 3 nitrogen and oxygen atoms in total. The number of hydrogen-bond donors (Lipinski definition) is 1. The summed E-state index contributed by atoms with van der Waals surface area (Å²) in [7, 11) is 0. The van der Waals surface area contributed by atoms with E-state index in [1.165, 1.54) is 4.90 Å². The van der Waals surface area contributed by atoms with Gasteiger partial charge in [0.25, 0.3) is 0 Å². The molecule has 0 aromatic heterocycles. The minimum Gasteiger partial charge on any atom is -0.481 e. The molecular weight excluding hydrogens is 271 g/mol. The van der Waals surface area contributed by atoms with Gasteiger partial charge in [0.15, 0.2) is 0 Å². The largest absolute Gasteiger partial charge is 0.481 e. The maximum absolute atomic E-state index is 12.6. The second-order valence-electron chi connectivity index (χ2n) is 5.09. The van der Waals surface area contributed by atoms with Crippen LogP contribution in [0.15, 0.2) is 24.3 Å². The third kappa shape index (κ3) is 4.52. The van der Waals surface area contributed by atoms with Gasteiger partial charge in [-0.2, -0.15) is 13.2 Å². The van der Waals surface area contributed by atoms with E-state index in [2.05, 4.69) is 0 Å². The number of benzene rings is 1. The summed E-state index contributed by atoms with van der Waals surface area (Å²) < 4.78 is 37.7. The first-order valence-electron chi connectivity index (χ1n) is 6.44. The molecule has 1 saturated carbocycles. The lowest BCUT2D eigenvalue weighted by Gasteiger charge is -2.24. The van der Waals surface area contributed by atoms with E-state index in [4.69, 9.17) is 5.11 Å². The maximum Gasteiger partial charge on any atom is 0.401 e. The average molecular weight is 287 g/mol. The van der Waals surface area contributed by atoms with Crippen LogP contribution in [0.25, 0.3) is 0 Å². The molecule has 0 bridgehead atoms. The molecule has 2 rings (SSSR count). The predicted molar refractivity (Wildman–Crippen MR) is 67.3 cm³/mol. The number of carboxylic acids is 1. The summed E-state index contributed by atoms with van der Waals surface area (Å²) in [6.07, 6.45) is -2.85. The fourth-order valence-corrected chi connectivity index (χ4v) is 2.25. The number of alkyl halides is 3. The highest BCUT2D eigenvalue weighted by atomic mass is 19.4. The topological polar surface area (TPSA) is 40.5 Å². The maximum atomic E-state index is 12.6. The average Bonchev–Trinajstić information content (AvgIpc) is 3.12. The number of carbonyl (C=O) groups is 1. The number of carboxylic acid groups (broad SMARTS) is 1. The highest BCUT2D eigenvalue weighted by Crippen LogP contribution is 2.31. The van der Waals surface area contributed by atoms with Crippen molar-refractivity contribution in [2.45, 2.75) is 38.0 Å². The van der Waals surface area contributed by atoms with Crippen LogP contribution in [-0.2, 0) is 17.8 Å². The molecule has 20 heavy (non-hydrogen) atoms. The van der Waals surface area contributed by atoms with Gasteiger partial charge < -0.3 is 5.11 Å². The SMILES string of the molecule is O=C(O)Cc1ccccc1CN(CC(F)(F)F)C1CC1. The van der Waals surface area contributed by atoms with E-state index in [-0.39, 0.29) is 19.0 Å². The first-order valence-corrected chi connectivity index (χ1v) is 6.44. The lowest BCUT2D eigenvalue weighted by Crippen LogP contribution is -2.35. The molecule has 1 N–H and O–H groups in total. The monoisotopic (exact) mass is 287 g/mol. The van der Waals surface area contributed by atoms with E-state index < -0.39 is 18.7 Å². The summed E-state index contributed by atoms with van der Waals surface area (Å²) in [6, 6.07) is 6.74. The molecule has 6 heteroatoms. The Bertz CT molecular complexity index is 484. The van der Waals surface area contributed by atoms with Gasteiger partial charge in [-0.3, -0.25) is 9.69 Å². The third-order valence-corrected chi connectivity index (χ3v) is 3.28. The fourth-order valence-electron chi connectivity index (χ4n) is 2.25. The minimum absolute atomic E-state index is 0.0329. The van der Waals surface area contributed by atoms with E-state index in [1.54, 1.807) is 24.3 Å². The molecule has 0 unspecified atom stereocenters. The lowest BCUT2D eigenvalue weighted by atomic mass is 10.0. The van der Waals surface area contributed by atoms with Crippen molar-refractivity contribution < 1.29 is 23.1 Å². The van der Waals surface area contributed by atoms with Gasteiger partial charge in [-0.25, -0.2) is 0 Å². The van der Waals surface area contributed by atoms with Gasteiger partial charge in [0.2, 0.25) is 0 Å². The number of rotatable bonds is 6. The van der Waals surface area contributed by atoms with Crippen LogP contribution in [0, 0.1) is 0 Å². The number of nitrogens with zero attached hydrogens (tertiary/aromatic N) is 1. The molecule has 0 saturated heterocycles. The van der Waals surface area contributed by atoms with Crippen LogP contribution < -0.4 is 0 Å². The Balaban J connectivity index is 2.12. The highest BCUT2D eigenvalue weighted by Gasteiger charge is 2.38. The molecular formula is C14H16F3NO2. The van der Waals surface area contributed by atoms with Gasteiger partial charge in [0.1, 0.15) is 0 Å². The van der Waals surface area contributed by atoms with Gasteiger partial charge in [-0.1, -0.05) is 24.3 Å². The zero-order valence-corrected chi connectivity index (χ0v) is 10.9. The van der Waals surface area contributed by atoms with Gasteiger partial charge in [-0.15, -0.1) is 0 Å². The van der Waals surface area contributed by atoms with Crippen LogP contribution in [0.1, 0.15) is 24.0 Å². The Morgan fingerprint density at radius 1 is 1.25 bits per heavy atom. The Hall–Kier alpha value is -1.56. The zero-order chi connectivity index (χ0) is 14.8. The quantitative estimate of drug-likeness (QED) is 0.874. The Labute approximate surface area is 115 Å². The van der Waals surface area contributed by atoms with Gasteiger partial charge in [0, 0.05) is 12.6 Å². The molecule has 110 valence electrons. The van der Waals surface area contributed by atoms with E-state index in [0.717, 1.165) is 12.8 Å². The Morgan fingerprint density at radius 2 is 1.85 bits per heavy atom. The standard InChI is InChI=1S/C14H16F3NO2/c15-14(16,17)9-18(12-5-6-12)8-11-4-2-1-3-10(11)7-13(19)20/h1-4,12H,5-9H2,(H,19,20). The van der Waals surface area contributed by atoms with Crippen molar-refractivity contribution in [3.05, 3.63) is 35.4 Å². The molecule has 0 aliphatic heterocycles. The van der Waals surface area contributed by atoms with Crippen molar-refractivity contribution in [2.24, 2.45) is 0 Å². The van der Waals surface area contributed by atoms with E-state index in [1.807, 2.05) is 0 Å². The smallest absolute Gasteiger partial charge is 0.401 e. The van der Waals surface area contributed by atoms with Crippen LogP contribution in [-0.4, -0.2) is 34.7 Å². The van der Waals surface area contributed by atoms with Crippen LogP contribution in [0.2, 0.25) is 0 Å². The molecule has 0 amide bonds.